The highest BCUT2D eigenvalue weighted by Gasteiger charge is 2.34. The van der Waals surface area contributed by atoms with Gasteiger partial charge in [-0.15, -0.1) is 0 Å². The summed E-state index contributed by atoms with van der Waals surface area (Å²) in [5, 5.41) is 0. The molecule has 0 aromatic heterocycles. The zero-order valence-electron chi connectivity index (χ0n) is 11.4. The molecule has 1 unspecified atom stereocenters. The molecule has 1 aromatic rings. The average Bonchev–Trinajstić information content (AvgIpc) is 2.46. The normalized spacial score (nSPS) is 19.4. The van der Waals surface area contributed by atoms with Gasteiger partial charge < -0.3 is 4.74 Å². The summed E-state index contributed by atoms with van der Waals surface area (Å²) in [6.45, 7) is 2.08. The molecule has 102 valence electrons. The third-order valence-electron chi connectivity index (χ3n) is 3.54. The molecule has 1 aromatic carbocycles. The lowest BCUT2D eigenvalue weighted by molar-refractivity contribution is -0.144. The van der Waals surface area contributed by atoms with Crippen LogP contribution in [0.2, 0.25) is 0 Å². The van der Waals surface area contributed by atoms with Crippen molar-refractivity contribution in [1.82, 2.24) is 0 Å². The molecule has 1 amide bonds. The van der Waals surface area contributed by atoms with Crippen molar-refractivity contribution in [3.05, 3.63) is 29.8 Å². The van der Waals surface area contributed by atoms with Gasteiger partial charge in [0.15, 0.2) is 0 Å². The van der Waals surface area contributed by atoms with E-state index in [2.05, 4.69) is 6.92 Å². The second-order valence-electron chi connectivity index (χ2n) is 4.71. The fourth-order valence-corrected chi connectivity index (χ4v) is 2.45. The second kappa shape index (κ2) is 5.87. The Hall–Kier alpha value is -1.84. The largest absolute Gasteiger partial charge is 0.467 e. The summed E-state index contributed by atoms with van der Waals surface area (Å²) in [5.41, 5.74) is 1.99. The molecule has 0 saturated carbocycles. The van der Waals surface area contributed by atoms with E-state index in [0.29, 0.717) is 12.8 Å². The lowest BCUT2D eigenvalue weighted by Gasteiger charge is -2.33. The van der Waals surface area contributed by atoms with Crippen molar-refractivity contribution >= 4 is 17.6 Å². The number of carbonyl (C=O) groups excluding carboxylic acids is 2. The molecule has 4 nitrogen and oxygen atoms in total. The highest BCUT2D eigenvalue weighted by molar-refractivity contribution is 6.00. The van der Waals surface area contributed by atoms with Crippen LogP contribution in [0, 0.1) is 0 Å². The fraction of sp³-hybridized carbons (Fsp3) is 0.467. The molecule has 1 aliphatic rings. The highest BCUT2D eigenvalue weighted by atomic mass is 16.5. The van der Waals surface area contributed by atoms with E-state index in [1.54, 1.807) is 4.90 Å². The van der Waals surface area contributed by atoms with E-state index in [-0.39, 0.29) is 11.9 Å². The minimum atomic E-state index is -0.487. The fourth-order valence-electron chi connectivity index (χ4n) is 2.45. The van der Waals surface area contributed by atoms with Crippen molar-refractivity contribution < 1.29 is 14.3 Å². The van der Waals surface area contributed by atoms with Gasteiger partial charge in [0.1, 0.15) is 6.04 Å². The standard InChI is InChI=1S/C15H19NO3/c1-3-11-7-9-12(10-8-11)16-13(15(18)19-2)5-4-6-14(16)17/h7-10,13H,3-6H2,1-2H3. The predicted octanol–water partition coefficient (Wildman–Crippen LogP) is 2.31. The number of ether oxygens (including phenoxy) is 1. The summed E-state index contributed by atoms with van der Waals surface area (Å²) >= 11 is 0. The summed E-state index contributed by atoms with van der Waals surface area (Å²) in [7, 11) is 1.36. The van der Waals surface area contributed by atoms with E-state index in [4.69, 9.17) is 4.74 Å². The molecule has 1 saturated heterocycles. The van der Waals surface area contributed by atoms with Gasteiger partial charge in [0.2, 0.25) is 5.91 Å². The van der Waals surface area contributed by atoms with Gasteiger partial charge in [-0.2, -0.15) is 0 Å². The minimum Gasteiger partial charge on any atom is -0.467 e. The maximum atomic E-state index is 12.1. The first-order valence-electron chi connectivity index (χ1n) is 6.66. The number of methoxy groups -OCH3 is 1. The molecule has 0 N–H and O–H groups in total. The summed E-state index contributed by atoms with van der Waals surface area (Å²) in [6, 6.07) is 7.30. The maximum absolute atomic E-state index is 12.1. The average molecular weight is 261 g/mol. The molecule has 0 bridgehead atoms. The van der Waals surface area contributed by atoms with Gasteiger partial charge in [-0.3, -0.25) is 9.69 Å². The smallest absolute Gasteiger partial charge is 0.328 e. The predicted molar refractivity (Wildman–Crippen MR) is 73.0 cm³/mol. The van der Waals surface area contributed by atoms with E-state index in [1.807, 2.05) is 24.3 Å². The van der Waals surface area contributed by atoms with Gasteiger partial charge in [0.25, 0.3) is 0 Å². The Bertz CT molecular complexity index is 467. The molecular weight excluding hydrogens is 242 g/mol. The molecule has 19 heavy (non-hydrogen) atoms. The zero-order chi connectivity index (χ0) is 13.8. The number of hydrogen-bond donors (Lipinski definition) is 0. The first kappa shape index (κ1) is 13.6. The molecular formula is C15H19NO3. The third-order valence-corrected chi connectivity index (χ3v) is 3.54. The van der Waals surface area contributed by atoms with Crippen LogP contribution >= 0.6 is 0 Å². The molecule has 0 spiro atoms. The minimum absolute atomic E-state index is 0.00843. The van der Waals surface area contributed by atoms with E-state index >= 15 is 0 Å². The lowest BCUT2D eigenvalue weighted by Crippen LogP contribution is -2.48. The maximum Gasteiger partial charge on any atom is 0.328 e. The molecule has 4 heteroatoms. The first-order valence-corrected chi connectivity index (χ1v) is 6.66. The number of hydrogen-bond acceptors (Lipinski definition) is 3. The van der Waals surface area contributed by atoms with Crippen molar-refractivity contribution in [2.75, 3.05) is 12.0 Å². The topological polar surface area (TPSA) is 46.6 Å². The van der Waals surface area contributed by atoms with Crippen LogP contribution in [-0.2, 0) is 20.7 Å². The van der Waals surface area contributed by atoms with E-state index in [0.717, 1.165) is 18.5 Å². The van der Waals surface area contributed by atoms with Crippen LogP contribution in [-0.4, -0.2) is 25.0 Å². The van der Waals surface area contributed by atoms with Gasteiger partial charge >= 0.3 is 5.97 Å². The quantitative estimate of drug-likeness (QED) is 0.784. The van der Waals surface area contributed by atoms with Crippen LogP contribution in [0.4, 0.5) is 5.69 Å². The molecule has 1 fully saturated rings. The number of aryl methyl sites for hydroxylation is 1. The SMILES string of the molecule is CCc1ccc(N2C(=O)CCCC2C(=O)OC)cc1. The zero-order valence-corrected chi connectivity index (χ0v) is 11.4. The number of carbonyl (C=O) groups is 2. The van der Waals surface area contributed by atoms with Crippen molar-refractivity contribution in [3.8, 4) is 0 Å². The summed E-state index contributed by atoms with van der Waals surface area (Å²) in [4.78, 5) is 25.5. The Labute approximate surface area is 113 Å². The first-order chi connectivity index (χ1) is 9.17. The Kier molecular flexibility index (Phi) is 4.20. The van der Waals surface area contributed by atoms with Crippen LogP contribution in [0.3, 0.4) is 0 Å². The molecule has 1 aliphatic heterocycles. The van der Waals surface area contributed by atoms with Crippen LogP contribution in [0.25, 0.3) is 0 Å². The molecule has 1 heterocycles. The second-order valence-corrected chi connectivity index (χ2v) is 4.71. The number of anilines is 1. The number of rotatable bonds is 3. The Morgan fingerprint density at radius 1 is 1.37 bits per heavy atom. The Morgan fingerprint density at radius 3 is 2.63 bits per heavy atom. The van der Waals surface area contributed by atoms with Gasteiger partial charge in [-0.25, -0.2) is 4.79 Å². The monoisotopic (exact) mass is 261 g/mol. The summed E-state index contributed by atoms with van der Waals surface area (Å²) in [6.07, 6.45) is 2.84. The van der Waals surface area contributed by atoms with Crippen molar-refractivity contribution in [3.63, 3.8) is 0 Å². The van der Waals surface area contributed by atoms with Crippen molar-refractivity contribution in [1.29, 1.82) is 0 Å². The molecule has 0 radical (unpaired) electrons. The van der Waals surface area contributed by atoms with E-state index in [1.165, 1.54) is 12.7 Å². The van der Waals surface area contributed by atoms with E-state index in [9.17, 15) is 9.59 Å². The summed E-state index contributed by atoms with van der Waals surface area (Å²) in [5.74, 6) is -0.349. The van der Waals surface area contributed by atoms with Crippen molar-refractivity contribution in [2.45, 2.75) is 38.6 Å². The van der Waals surface area contributed by atoms with E-state index < -0.39 is 6.04 Å². The number of piperidine rings is 1. The number of esters is 1. The van der Waals surface area contributed by atoms with Gasteiger partial charge in [0.05, 0.1) is 7.11 Å². The Morgan fingerprint density at radius 2 is 2.05 bits per heavy atom. The number of nitrogens with zero attached hydrogens (tertiary/aromatic N) is 1. The molecule has 0 aliphatic carbocycles. The van der Waals surface area contributed by atoms with Crippen LogP contribution in [0.15, 0.2) is 24.3 Å². The van der Waals surface area contributed by atoms with Gasteiger partial charge in [-0.1, -0.05) is 19.1 Å². The number of amides is 1. The molecule has 1 atom stereocenters. The van der Waals surface area contributed by atoms with Crippen molar-refractivity contribution in [2.24, 2.45) is 0 Å². The lowest BCUT2D eigenvalue weighted by atomic mass is 10.00. The van der Waals surface area contributed by atoms with Gasteiger partial charge in [-0.05, 0) is 37.0 Å². The molecule has 2 rings (SSSR count). The van der Waals surface area contributed by atoms with Gasteiger partial charge in [0, 0.05) is 12.1 Å². The van der Waals surface area contributed by atoms with Crippen LogP contribution in [0.5, 0.6) is 0 Å². The number of benzene rings is 1. The third kappa shape index (κ3) is 2.78. The van der Waals surface area contributed by atoms with Crippen LogP contribution in [0.1, 0.15) is 31.7 Å². The summed E-state index contributed by atoms with van der Waals surface area (Å²) < 4.78 is 4.80. The Balaban J connectivity index is 2.30. The van der Waals surface area contributed by atoms with Crippen LogP contribution < -0.4 is 4.90 Å². The highest BCUT2D eigenvalue weighted by Crippen LogP contribution is 2.26.